The Morgan fingerprint density at radius 1 is 1.18 bits per heavy atom. The van der Waals surface area contributed by atoms with E-state index in [2.05, 4.69) is 20.6 Å². The van der Waals surface area contributed by atoms with Crippen LogP contribution < -0.4 is 10.1 Å². The fourth-order valence-electron chi connectivity index (χ4n) is 3.71. The molecule has 0 fully saturated rings. The Hall–Kier alpha value is -4.53. The molecule has 0 aliphatic heterocycles. The number of pyridine rings is 1. The highest BCUT2D eigenvalue weighted by atomic mass is 19.1. The molecule has 0 aliphatic rings. The molecular weight excluding hydrogens is 437 g/mol. The van der Waals surface area contributed by atoms with Crippen molar-refractivity contribution >= 4 is 22.7 Å². The zero-order valence-electron chi connectivity index (χ0n) is 18.4. The van der Waals surface area contributed by atoms with Gasteiger partial charge in [-0.1, -0.05) is 23.4 Å². The van der Waals surface area contributed by atoms with Gasteiger partial charge >= 0.3 is 0 Å². The standard InChI is InChI=1S/C25H20FN5O3/c1-15-11-20(22-23(30-34-25(22)28-15)16-7-9-19(33-2)10-8-16)24(32)29-18-12-27-31(14-18)13-17-5-3-4-6-21(17)26/h3-12,14H,13H2,1-2H3,(H,29,32). The predicted octanol–water partition coefficient (Wildman–Crippen LogP) is 4.84. The zero-order chi connectivity index (χ0) is 23.7. The van der Waals surface area contributed by atoms with Crippen LogP contribution in [-0.4, -0.2) is 32.9 Å². The van der Waals surface area contributed by atoms with Gasteiger partial charge in [-0.05, 0) is 43.3 Å². The predicted molar refractivity (Wildman–Crippen MR) is 124 cm³/mol. The van der Waals surface area contributed by atoms with E-state index in [9.17, 15) is 9.18 Å². The number of rotatable bonds is 6. The summed E-state index contributed by atoms with van der Waals surface area (Å²) >= 11 is 0. The molecule has 1 amide bonds. The van der Waals surface area contributed by atoms with E-state index in [0.717, 1.165) is 5.56 Å². The normalized spacial score (nSPS) is 11.0. The van der Waals surface area contributed by atoms with Crippen LogP contribution in [0.5, 0.6) is 5.75 Å². The Labute approximate surface area is 194 Å². The molecular formula is C25H20FN5O3. The van der Waals surface area contributed by atoms with Crippen LogP contribution in [0.25, 0.3) is 22.4 Å². The summed E-state index contributed by atoms with van der Waals surface area (Å²) in [5.74, 6) is 0.0338. The lowest BCUT2D eigenvalue weighted by Gasteiger charge is -2.07. The summed E-state index contributed by atoms with van der Waals surface area (Å²) in [5.41, 5.74) is 3.51. The molecule has 8 nitrogen and oxygen atoms in total. The second kappa shape index (κ2) is 8.78. The van der Waals surface area contributed by atoms with Crippen LogP contribution in [0.2, 0.25) is 0 Å². The summed E-state index contributed by atoms with van der Waals surface area (Å²) < 4.78 is 26.2. The monoisotopic (exact) mass is 457 g/mol. The minimum absolute atomic E-state index is 0.244. The number of aromatic nitrogens is 4. The largest absolute Gasteiger partial charge is 0.497 e. The Kier molecular flexibility index (Phi) is 5.51. The number of benzene rings is 2. The summed E-state index contributed by atoms with van der Waals surface area (Å²) in [7, 11) is 1.59. The quantitative estimate of drug-likeness (QED) is 0.392. The van der Waals surface area contributed by atoms with Crippen LogP contribution in [0.3, 0.4) is 0 Å². The molecule has 34 heavy (non-hydrogen) atoms. The van der Waals surface area contributed by atoms with Crippen LogP contribution in [-0.2, 0) is 6.54 Å². The fraction of sp³-hybridized carbons (Fsp3) is 0.120. The number of aryl methyl sites for hydroxylation is 1. The molecule has 0 saturated carbocycles. The molecule has 9 heteroatoms. The van der Waals surface area contributed by atoms with E-state index in [1.54, 1.807) is 61.3 Å². The molecule has 1 N–H and O–H groups in total. The number of nitrogens with zero attached hydrogens (tertiary/aromatic N) is 4. The van der Waals surface area contributed by atoms with Gasteiger partial charge in [0.2, 0.25) is 0 Å². The average molecular weight is 457 g/mol. The van der Waals surface area contributed by atoms with E-state index in [0.29, 0.717) is 39.3 Å². The first-order chi connectivity index (χ1) is 16.5. The Bertz CT molecular complexity index is 1490. The van der Waals surface area contributed by atoms with Crippen molar-refractivity contribution in [2.75, 3.05) is 12.4 Å². The van der Waals surface area contributed by atoms with Gasteiger partial charge in [0.25, 0.3) is 11.6 Å². The van der Waals surface area contributed by atoms with Crippen molar-refractivity contribution in [1.82, 2.24) is 19.9 Å². The van der Waals surface area contributed by atoms with E-state index in [1.807, 2.05) is 12.1 Å². The minimum atomic E-state index is -0.362. The lowest BCUT2D eigenvalue weighted by Crippen LogP contribution is -2.13. The van der Waals surface area contributed by atoms with Crippen LogP contribution in [0.15, 0.2) is 71.5 Å². The molecule has 170 valence electrons. The van der Waals surface area contributed by atoms with Crippen molar-refractivity contribution < 1.29 is 18.4 Å². The molecule has 0 saturated heterocycles. The van der Waals surface area contributed by atoms with Crippen LogP contribution >= 0.6 is 0 Å². The summed E-state index contributed by atoms with van der Waals surface area (Å²) in [4.78, 5) is 17.6. The van der Waals surface area contributed by atoms with Crippen LogP contribution in [0.1, 0.15) is 21.6 Å². The summed E-state index contributed by atoms with van der Waals surface area (Å²) in [6.07, 6.45) is 3.16. The molecule has 5 aromatic rings. The Balaban J connectivity index is 1.45. The van der Waals surface area contributed by atoms with Gasteiger partial charge < -0.3 is 14.6 Å². The van der Waals surface area contributed by atoms with Crippen molar-refractivity contribution in [3.8, 4) is 17.0 Å². The SMILES string of the molecule is COc1ccc(-c2noc3nc(C)cc(C(=O)Nc4cnn(Cc5ccccc5F)c4)c23)cc1. The van der Waals surface area contributed by atoms with Gasteiger partial charge in [0.05, 0.1) is 36.5 Å². The van der Waals surface area contributed by atoms with Crippen molar-refractivity contribution in [1.29, 1.82) is 0 Å². The Morgan fingerprint density at radius 3 is 2.74 bits per heavy atom. The second-order valence-electron chi connectivity index (χ2n) is 7.72. The third kappa shape index (κ3) is 4.11. The summed E-state index contributed by atoms with van der Waals surface area (Å²) in [6, 6.07) is 15.5. The first kappa shape index (κ1) is 21.3. The van der Waals surface area contributed by atoms with Crippen molar-refractivity contribution in [2.24, 2.45) is 0 Å². The van der Waals surface area contributed by atoms with Gasteiger partial charge in [-0.25, -0.2) is 9.37 Å². The highest BCUT2D eigenvalue weighted by molar-refractivity contribution is 6.14. The number of ether oxygens (including phenoxy) is 1. The van der Waals surface area contributed by atoms with E-state index in [4.69, 9.17) is 9.26 Å². The number of hydrogen-bond acceptors (Lipinski definition) is 6. The maximum Gasteiger partial charge on any atom is 0.259 e. The van der Waals surface area contributed by atoms with E-state index >= 15 is 0 Å². The second-order valence-corrected chi connectivity index (χ2v) is 7.72. The van der Waals surface area contributed by atoms with Crippen molar-refractivity contribution in [2.45, 2.75) is 13.5 Å². The first-order valence-corrected chi connectivity index (χ1v) is 10.5. The number of methoxy groups -OCH3 is 1. The summed E-state index contributed by atoms with van der Waals surface area (Å²) in [5, 5.41) is 11.8. The fourth-order valence-corrected chi connectivity index (χ4v) is 3.71. The van der Waals surface area contributed by atoms with Gasteiger partial charge in [0.1, 0.15) is 17.3 Å². The van der Waals surface area contributed by atoms with E-state index in [1.165, 1.54) is 12.3 Å². The highest BCUT2D eigenvalue weighted by Gasteiger charge is 2.21. The number of halogens is 1. The third-order valence-corrected chi connectivity index (χ3v) is 5.36. The molecule has 0 radical (unpaired) electrons. The number of fused-ring (bicyclic) bond motifs is 1. The molecule has 3 aromatic heterocycles. The maximum absolute atomic E-state index is 14.0. The third-order valence-electron chi connectivity index (χ3n) is 5.36. The average Bonchev–Trinajstić information content (AvgIpc) is 3.46. The molecule has 5 rings (SSSR count). The number of nitrogens with one attached hydrogen (secondary N) is 1. The molecule has 3 heterocycles. The molecule has 0 atom stereocenters. The maximum atomic E-state index is 14.0. The van der Waals surface area contributed by atoms with Gasteiger partial charge in [0, 0.05) is 23.0 Å². The van der Waals surface area contributed by atoms with Crippen LogP contribution in [0.4, 0.5) is 10.1 Å². The molecule has 0 aliphatic carbocycles. The first-order valence-electron chi connectivity index (χ1n) is 10.5. The number of amides is 1. The number of hydrogen-bond donors (Lipinski definition) is 1. The minimum Gasteiger partial charge on any atom is -0.497 e. The van der Waals surface area contributed by atoms with E-state index < -0.39 is 0 Å². The molecule has 0 spiro atoms. The van der Waals surface area contributed by atoms with Gasteiger partial charge in [-0.3, -0.25) is 9.48 Å². The number of carbonyl (C=O) groups is 1. The molecule has 0 unspecified atom stereocenters. The molecule has 0 bridgehead atoms. The zero-order valence-corrected chi connectivity index (χ0v) is 18.4. The Morgan fingerprint density at radius 2 is 1.97 bits per heavy atom. The summed E-state index contributed by atoms with van der Waals surface area (Å²) in [6.45, 7) is 2.02. The van der Waals surface area contributed by atoms with Gasteiger partial charge in [0.15, 0.2) is 0 Å². The number of carbonyl (C=O) groups excluding carboxylic acids is 1. The van der Waals surface area contributed by atoms with Crippen molar-refractivity contribution in [3.05, 3.63) is 89.6 Å². The van der Waals surface area contributed by atoms with Gasteiger partial charge in [-0.15, -0.1) is 0 Å². The van der Waals surface area contributed by atoms with Gasteiger partial charge in [-0.2, -0.15) is 5.10 Å². The number of anilines is 1. The van der Waals surface area contributed by atoms with E-state index in [-0.39, 0.29) is 24.0 Å². The highest BCUT2D eigenvalue weighted by Crippen LogP contribution is 2.31. The lowest BCUT2D eigenvalue weighted by atomic mass is 10.0. The topological polar surface area (TPSA) is 95.1 Å². The smallest absolute Gasteiger partial charge is 0.259 e. The van der Waals surface area contributed by atoms with Crippen molar-refractivity contribution in [3.63, 3.8) is 0 Å². The lowest BCUT2D eigenvalue weighted by molar-refractivity contribution is 0.102. The molecule has 2 aromatic carbocycles. The van der Waals surface area contributed by atoms with Crippen LogP contribution in [0, 0.1) is 12.7 Å².